The van der Waals surface area contributed by atoms with Crippen molar-refractivity contribution in [2.75, 3.05) is 0 Å². The van der Waals surface area contributed by atoms with Crippen LogP contribution in [0.5, 0.6) is 0 Å². The van der Waals surface area contributed by atoms with Gasteiger partial charge in [0, 0.05) is 0 Å². The minimum Gasteiger partial charge on any atom is -0.467 e. The molecule has 2 atom stereocenters. The lowest BCUT2D eigenvalue weighted by atomic mass is 9.95. The van der Waals surface area contributed by atoms with Gasteiger partial charge in [-0.2, -0.15) is 0 Å². The van der Waals surface area contributed by atoms with Crippen molar-refractivity contribution in [1.82, 2.24) is 0 Å². The van der Waals surface area contributed by atoms with E-state index in [-0.39, 0.29) is 6.04 Å². The Morgan fingerprint density at radius 3 is 2.22 bits per heavy atom. The van der Waals surface area contributed by atoms with Crippen molar-refractivity contribution >= 4 is 0 Å². The van der Waals surface area contributed by atoms with Crippen LogP contribution in [0.4, 0.5) is 0 Å². The van der Waals surface area contributed by atoms with Gasteiger partial charge in [0.1, 0.15) is 5.76 Å². The normalized spacial score (nSPS) is 14.4. The molecule has 0 aliphatic heterocycles. The summed E-state index contributed by atoms with van der Waals surface area (Å²) in [6.45, 7) is 6.47. The van der Waals surface area contributed by atoms with Gasteiger partial charge in [0.05, 0.1) is 12.3 Å². The maximum absolute atomic E-state index is 6.23. The fourth-order valence-electron chi connectivity index (χ4n) is 2.12. The fraction of sp³-hybridized carbons (Fsp3) is 0.375. The van der Waals surface area contributed by atoms with E-state index >= 15 is 0 Å². The van der Waals surface area contributed by atoms with E-state index in [0.717, 1.165) is 23.3 Å². The third-order valence-corrected chi connectivity index (χ3v) is 3.66. The van der Waals surface area contributed by atoms with E-state index in [1.54, 1.807) is 6.26 Å². The fourth-order valence-corrected chi connectivity index (χ4v) is 2.12. The van der Waals surface area contributed by atoms with Crippen LogP contribution in [0.25, 0.3) is 0 Å². The number of rotatable bonds is 4. The minimum atomic E-state index is -0.175. The van der Waals surface area contributed by atoms with Crippen LogP contribution in [0.15, 0.2) is 41.0 Å². The lowest BCUT2D eigenvalue weighted by molar-refractivity contribution is 0.487. The zero-order chi connectivity index (χ0) is 13.1. The molecule has 1 heterocycles. The highest BCUT2D eigenvalue weighted by Crippen LogP contribution is 2.25. The van der Waals surface area contributed by atoms with E-state index in [9.17, 15) is 0 Å². The van der Waals surface area contributed by atoms with E-state index in [2.05, 4.69) is 38.1 Å². The summed E-state index contributed by atoms with van der Waals surface area (Å²) < 4.78 is 5.45. The molecule has 0 aliphatic rings. The first-order chi connectivity index (χ1) is 8.63. The number of aryl methyl sites for hydroxylation is 1. The van der Waals surface area contributed by atoms with Gasteiger partial charge in [-0.25, -0.2) is 0 Å². The Labute approximate surface area is 109 Å². The number of furan rings is 1. The van der Waals surface area contributed by atoms with Crippen LogP contribution in [0, 0.1) is 6.92 Å². The van der Waals surface area contributed by atoms with Crippen LogP contribution >= 0.6 is 0 Å². The Morgan fingerprint density at radius 2 is 1.72 bits per heavy atom. The first kappa shape index (κ1) is 12.9. The van der Waals surface area contributed by atoms with Crippen LogP contribution in [0.3, 0.4) is 0 Å². The Bertz CT molecular complexity index is 498. The summed E-state index contributed by atoms with van der Waals surface area (Å²) in [6, 6.07) is 10.3. The smallest absolute Gasteiger partial charge is 0.127 e. The molecule has 2 rings (SSSR count). The van der Waals surface area contributed by atoms with E-state index in [0.29, 0.717) is 5.92 Å². The summed E-state index contributed by atoms with van der Waals surface area (Å²) in [4.78, 5) is 0. The largest absolute Gasteiger partial charge is 0.467 e. The number of hydrogen-bond donors (Lipinski definition) is 1. The molecular formula is C16H21NO. The average Bonchev–Trinajstić information content (AvgIpc) is 2.83. The molecule has 2 unspecified atom stereocenters. The first-order valence-electron chi connectivity index (χ1n) is 6.53. The molecule has 2 nitrogen and oxygen atoms in total. The quantitative estimate of drug-likeness (QED) is 0.876. The highest BCUT2D eigenvalue weighted by Gasteiger charge is 2.14. The summed E-state index contributed by atoms with van der Waals surface area (Å²) in [7, 11) is 0. The molecular weight excluding hydrogens is 222 g/mol. The molecule has 96 valence electrons. The predicted octanol–water partition coefficient (Wildman–Crippen LogP) is 4.15. The molecule has 1 aromatic heterocycles. The first-order valence-corrected chi connectivity index (χ1v) is 6.53. The van der Waals surface area contributed by atoms with Crippen molar-refractivity contribution in [3.63, 3.8) is 0 Å². The number of hydrogen-bond acceptors (Lipinski definition) is 2. The summed E-state index contributed by atoms with van der Waals surface area (Å²) in [5, 5.41) is 0. The lowest BCUT2D eigenvalue weighted by Crippen LogP contribution is -2.12. The SMILES string of the molecule is CCC(C)c1ccc(C(N)c2occc2C)cc1. The zero-order valence-electron chi connectivity index (χ0n) is 11.3. The second kappa shape index (κ2) is 5.40. The third kappa shape index (κ3) is 2.49. The second-order valence-corrected chi connectivity index (χ2v) is 4.92. The molecule has 2 heteroatoms. The summed E-state index contributed by atoms with van der Waals surface area (Å²) >= 11 is 0. The Balaban J connectivity index is 2.22. The molecule has 0 bridgehead atoms. The molecule has 0 radical (unpaired) electrons. The third-order valence-electron chi connectivity index (χ3n) is 3.66. The van der Waals surface area contributed by atoms with E-state index in [1.807, 2.05) is 13.0 Å². The van der Waals surface area contributed by atoms with Crippen molar-refractivity contribution in [2.45, 2.75) is 39.2 Å². The molecule has 2 aromatic rings. The molecule has 0 saturated carbocycles. The maximum atomic E-state index is 6.23. The zero-order valence-corrected chi connectivity index (χ0v) is 11.3. The van der Waals surface area contributed by atoms with Gasteiger partial charge in [-0.05, 0) is 42.0 Å². The molecule has 0 fully saturated rings. The highest BCUT2D eigenvalue weighted by atomic mass is 16.3. The molecule has 0 saturated heterocycles. The van der Waals surface area contributed by atoms with Crippen LogP contribution in [-0.2, 0) is 0 Å². The topological polar surface area (TPSA) is 39.2 Å². The second-order valence-electron chi connectivity index (χ2n) is 4.92. The van der Waals surface area contributed by atoms with Crippen molar-refractivity contribution in [3.8, 4) is 0 Å². The Kier molecular flexibility index (Phi) is 3.87. The van der Waals surface area contributed by atoms with E-state index in [4.69, 9.17) is 10.2 Å². The average molecular weight is 243 g/mol. The molecule has 2 N–H and O–H groups in total. The molecule has 0 spiro atoms. The summed E-state index contributed by atoms with van der Waals surface area (Å²) in [5.41, 5.74) is 9.79. The standard InChI is InChI=1S/C16H21NO/c1-4-11(2)13-5-7-14(8-6-13)15(17)16-12(3)9-10-18-16/h5-11,15H,4,17H2,1-3H3. The van der Waals surface area contributed by atoms with Gasteiger partial charge in [-0.15, -0.1) is 0 Å². The van der Waals surface area contributed by atoms with Crippen molar-refractivity contribution in [3.05, 3.63) is 59.0 Å². The van der Waals surface area contributed by atoms with Gasteiger partial charge < -0.3 is 10.2 Å². The Hall–Kier alpha value is -1.54. The molecule has 0 aliphatic carbocycles. The van der Waals surface area contributed by atoms with Gasteiger partial charge in [0.25, 0.3) is 0 Å². The van der Waals surface area contributed by atoms with Crippen LogP contribution in [-0.4, -0.2) is 0 Å². The van der Waals surface area contributed by atoms with Crippen LogP contribution in [0.2, 0.25) is 0 Å². The summed E-state index contributed by atoms with van der Waals surface area (Å²) in [6.07, 6.45) is 2.85. The minimum absolute atomic E-state index is 0.175. The van der Waals surface area contributed by atoms with Gasteiger partial charge >= 0.3 is 0 Å². The van der Waals surface area contributed by atoms with Gasteiger partial charge in [-0.1, -0.05) is 38.1 Å². The monoisotopic (exact) mass is 243 g/mol. The van der Waals surface area contributed by atoms with Crippen LogP contribution < -0.4 is 5.73 Å². The summed E-state index contributed by atoms with van der Waals surface area (Å²) in [5.74, 6) is 1.45. The van der Waals surface area contributed by atoms with Crippen LogP contribution in [0.1, 0.15) is 54.7 Å². The number of benzene rings is 1. The van der Waals surface area contributed by atoms with Gasteiger partial charge in [0.2, 0.25) is 0 Å². The van der Waals surface area contributed by atoms with Crippen molar-refractivity contribution in [1.29, 1.82) is 0 Å². The van der Waals surface area contributed by atoms with Crippen molar-refractivity contribution in [2.24, 2.45) is 5.73 Å². The number of nitrogens with two attached hydrogens (primary N) is 1. The maximum Gasteiger partial charge on any atom is 0.127 e. The van der Waals surface area contributed by atoms with Gasteiger partial charge in [-0.3, -0.25) is 0 Å². The van der Waals surface area contributed by atoms with Crippen molar-refractivity contribution < 1.29 is 4.42 Å². The molecule has 0 amide bonds. The van der Waals surface area contributed by atoms with Gasteiger partial charge in [0.15, 0.2) is 0 Å². The van der Waals surface area contributed by atoms with E-state index < -0.39 is 0 Å². The molecule has 1 aromatic carbocycles. The van der Waals surface area contributed by atoms with E-state index in [1.165, 1.54) is 5.56 Å². The lowest BCUT2D eigenvalue weighted by Gasteiger charge is -2.13. The Morgan fingerprint density at radius 1 is 1.11 bits per heavy atom. The molecule has 18 heavy (non-hydrogen) atoms. The highest BCUT2D eigenvalue weighted by molar-refractivity contribution is 5.33. The predicted molar refractivity (Wildman–Crippen MR) is 74.6 cm³/mol.